The van der Waals surface area contributed by atoms with E-state index in [1.165, 1.54) is 11.3 Å². The van der Waals surface area contributed by atoms with Gasteiger partial charge in [-0.05, 0) is 23.6 Å². The summed E-state index contributed by atoms with van der Waals surface area (Å²) in [7, 11) is 0. The van der Waals surface area contributed by atoms with Crippen molar-refractivity contribution in [3.05, 3.63) is 34.8 Å². The van der Waals surface area contributed by atoms with E-state index in [0.717, 1.165) is 17.0 Å². The summed E-state index contributed by atoms with van der Waals surface area (Å²) < 4.78 is 11.0. The molecule has 6 heteroatoms. The van der Waals surface area contributed by atoms with Gasteiger partial charge in [-0.1, -0.05) is 19.9 Å². The van der Waals surface area contributed by atoms with E-state index in [2.05, 4.69) is 24.1 Å². The lowest BCUT2D eigenvalue weighted by molar-refractivity contribution is -0.115. The molecule has 22 heavy (non-hydrogen) atoms. The molecule has 2 aromatic rings. The van der Waals surface area contributed by atoms with Crippen molar-refractivity contribution in [3.63, 3.8) is 0 Å². The predicted octanol–water partition coefficient (Wildman–Crippen LogP) is 3.22. The molecule has 1 aliphatic heterocycles. The Bertz CT molecular complexity index is 682. The van der Waals surface area contributed by atoms with E-state index in [1.807, 2.05) is 23.6 Å². The lowest BCUT2D eigenvalue weighted by Gasteiger charge is -2.18. The number of nitrogens with zero attached hydrogens (tertiary/aromatic N) is 1. The highest BCUT2D eigenvalue weighted by atomic mass is 32.1. The number of hydrogen-bond donors (Lipinski definition) is 1. The van der Waals surface area contributed by atoms with Gasteiger partial charge in [0.05, 0.1) is 12.1 Å². The largest absolute Gasteiger partial charge is 0.486 e. The van der Waals surface area contributed by atoms with Crippen molar-refractivity contribution < 1.29 is 14.3 Å². The van der Waals surface area contributed by atoms with E-state index in [4.69, 9.17) is 9.47 Å². The minimum Gasteiger partial charge on any atom is -0.486 e. The average molecular weight is 318 g/mol. The number of anilines is 1. The van der Waals surface area contributed by atoms with Crippen LogP contribution in [0.25, 0.3) is 0 Å². The number of aromatic nitrogens is 1. The van der Waals surface area contributed by atoms with Crippen LogP contribution in [-0.2, 0) is 11.2 Å². The van der Waals surface area contributed by atoms with Gasteiger partial charge < -0.3 is 14.8 Å². The zero-order chi connectivity index (χ0) is 15.5. The topological polar surface area (TPSA) is 60.5 Å². The molecule has 1 aliphatic rings. The monoisotopic (exact) mass is 318 g/mol. The van der Waals surface area contributed by atoms with Gasteiger partial charge >= 0.3 is 0 Å². The number of rotatable bonds is 4. The van der Waals surface area contributed by atoms with Crippen LogP contribution in [-0.4, -0.2) is 24.1 Å². The average Bonchev–Trinajstić information content (AvgIpc) is 2.95. The van der Waals surface area contributed by atoms with Crippen LogP contribution in [0.5, 0.6) is 11.5 Å². The van der Waals surface area contributed by atoms with Gasteiger partial charge in [0, 0.05) is 5.38 Å². The fraction of sp³-hybridized carbons (Fsp3) is 0.375. The maximum atomic E-state index is 12.1. The number of fused-ring (bicyclic) bond motifs is 1. The summed E-state index contributed by atoms with van der Waals surface area (Å²) in [6.07, 6.45) is 0.285. The quantitative estimate of drug-likeness (QED) is 0.940. The maximum Gasteiger partial charge on any atom is 0.230 e. The normalized spacial score (nSPS) is 13.2. The Morgan fingerprint density at radius 1 is 1.32 bits per heavy atom. The molecule has 0 spiro atoms. The van der Waals surface area contributed by atoms with Crippen LogP contribution in [0.2, 0.25) is 0 Å². The maximum absolute atomic E-state index is 12.1. The van der Waals surface area contributed by atoms with Crippen LogP contribution >= 0.6 is 11.3 Å². The molecule has 1 N–H and O–H groups in total. The number of nitrogens with one attached hydrogen (secondary N) is 1. The van der Waals surface area contributed by atoms with E-state index in [1.54, 1.807) is 0 Å². The summed E-state index contributed by atoms with van der Waals surface area (Å²) in [5.74, 6) is 1.71. The van der Waals surface area contributed by atoms with E-state index < -0.39 is 0 Å². The van der Waals surface area contributed by atoms with Gasteiger partial charge in [-0.15, -0.1) is 11.3 Å². The van der Waals surface area contributed by atoms with Gasteiger partial charge in [0.15, 0.2) is 16.6 Å². The Labute approximate surface area is 133 Å². The third-order valence-electron chi connectivity index (χ3n) is 3.33. The zero-order valence-corrected chi connectivity index (χ0v) is 13.4. The van der Waals surface area contributed by atoms with Gasteiger partial charge in [-0.25, -0.2) is 4.98 Å². The van der Waals surface area contributed by atoms with Gasteiger partial charge in [-0.2, -0.15) is 0 Å². The van der Waals surface area contributed by atoms with Crippen LogP contribution in [0.15, 0.2) is 23.6 Å². The van der Waals surface area contributed by atoms with E-state index in [0.29, 0.717) is 30.0 Å². The van der Waals surface area contributed by atoms with Crippen LogP contribution in [0.4, 0.5) is 5.13 Å². The standard InChI is InChI=1S/C16H18N2O3S/c1-10(2)12-9-22-16(17-12)18-15(19)8-11-3-4-13-14(7-11)21-6-5-20-13/h3-4,7,9-10H,5-6,8H2,1-2H3,(H,17,18,19). The lowest BCUT2D eigenvalue weighted by atomic mass is 10.1. The number of carbonyl (C=O) groups excluding carboxylic acids is 1. The fourth-order valence-electron chi connectivity index (χ4n) is 2.16. The van der Waals surface area contributed by atoms with Gasteiger partial charge in [0.1, 0.15) is 13.2 Å². The molecule has 1 aromatic carbocycles. The van der Waals surface area contributed by atoms with Crippen molar-refractivity contribution in [2.45, 2.75) is 26.2 Å². The number of hydrogen-bond acceptors (Lipinski definition) is 5. The third-order valence-corrected chi connectivity index (χ3v) is 4.11. The molecule has 1 amide bonds. The minimum atomic E-state index is -0.0821. The predicted molar refractivity (Wildman–Crippen MR) is 86.0 cm³/mol. The van der Waals surface area contributed by atoms with Crippen molar-refractivity contribution in [3.8, 4) is 11.5 Å². The number of ether oxygens (including phenoxy) is 2. The molecule has 0 saturated carbocycles. The van der Waals surface area contributed by atoms with Crippen LogP contribution in [0, 0.1) is 0 Å². The first-order chi connectivity index (χ1) is 10.6. The molecule has 1 aromatic heterocycles. The molecule has 0 saturated heterocycles. The molecule has 5 nitrogen and oxygen atoms in total. The summed E-state index contributed by atoms with van der Waals surface area (Å²) >= 11 is 1.45. The number of benzene rings is 1. The van der Waals surface area contributed by atoms with Gasteiger partial charge in [0.2, 0.25) is 5.91 Å². The summed E-state index contributed by atoms with van der Waals surface area (Å²) in [6, 6.07) is 5.58. The summed E-state index contributed by atoms with van der Waals surface area (Å²) in [5, 5.41) is 5.46. The second kappa shape index (κ2) is 6.36. The third kappa shape index (κ3) is 3.39. The molecule has 0 aliphatic carbocycles. The SMILES string of the molecule is CC(C)c1csc(NC(=O)Cc2ccc3c(c2)OCCO3)n1. The number of amides is 1. The Hall–Kier alpha value is -2.08. The molecular weight excluding hydrogens is 300 g/mol. The molecule has 0 atom stereocenters. The Morgan fingerprint density at radius 3 is 2.82 bits per heavy atom. The van der Waals surface area contributed by atoms with Crippen molar-refractivity contribution in [1.82, 2.24) is 4.98 Å². The summed E-state index contributed by atoms with van der Waals surface area (Å²) in [6.45, 7) is 5.26. The van der Waals surface area contributed by atoms with Crippen molar-refractivity contribution >= 4 is 22.4 Å². The molecule has 0 fully saturated rings. The first-order valence-corrected chi connectivity index (χ1v) is 8.13. The molecule has 116 valence electrons. The number of thiazole rings is 1. The second-order valence-corrected chi connectivity index (χ2v) is 6.29. The Balaban J connectivity index is 1.63. The first-order valence-electron chi connectivity index (χ1n) is 7.25. The summed E-state index contributed by atoms with van der Waals surface area (Å²) in [5.41, 5.74) is 1.89. The van der Waals surface area contributed by atoms with Crippen molar-refractivity contribution in [2.75, 3.05) is 18.5 Å². The van der Waals surface area contributed by atoms with Crippen LogP contribution in [0.3, 0.4) is 0 Å². The highest BCUT2D eigenvalue weighted by Crippen LogP contribution is 2.31. The van der Waals surface area contributed by atoms with Crippen molar-refractivity contribution in [2.24, 2.45) is 0 Å². The van der Waals surface area contributed by atoms with Crippen LogP contribution < -0.4 is 14.8 Å². The molecule has 0 unspecified atom stereocenters. The van der Waals surface area contributed by atoms with Gasteiger partial charge in [0.25, 0.3) is 0 Å². The zero-order valence-electron chi connectivity index (χ0n) is 12.6. The molecule has 3 rings (SSSR count). The summed E-state index contributed by atoms with van der Waals surface area (Å²) in [4.78, 5) is 16.5. The highest BCUT2D eigenvalue weighted by Gasteiger charge is 2.14. The number of carbonyl (C=O) groups is 1. The molecule has 0 bridgehead atoms. The minimum absolute atomic E-state index is 0.0821. The highest BCUT2D eigenvalue weighted by molar-refractivity contribution is 7.13. The lowest BCUT2D eigenvalue weighted by Crippen LogP contribution is -2.17. The fourth-order valence-corrected chi connectivity index (χ4v) is 3.04. The van der Waals surface area contributed by atoms with Crippen molar-refractivity contribution in [1.29, 1.82) is 0 Å². The first kappa shape index (κ1) is 14.8. The second-order valence-electron chi connectivity index (χ2n) is 5.44. The van der Waals surface area contributed by atoms with Crippen LogP contribution in [0.1, 0.15) is 31.0 Å². The van der Waals surface area contributed by atoms with E-state index in [-0.39, 0.29) is 12.3 Å². The smallest absolute Gasteiger partial charge is 0.230 e. The van der Waals surface area contributed by atoms with Gasteiger partial charge in [-0.3, -0.25) is 4.79 Å². The molecule has 2 heterocycles. The van der Waals surface area contributed by atoms with E-state index >= 15 is 0 Å². The molecular formula is C16H18N2O3S. The Kier molecular flexibility index (Phi) is 4.29. The Morgan fingerprint density at radius 2 is 2.09 bits per heavy atom. The van der Waals surface area contributed by atoms with E-state index in [9.17, 15) is 4.79 Å². The molecule has 0 radical (unpaired) electrons.